The lowest BCUT2D eigenvalue weighted by Crippen LogP contribution is -2.63. The highest BCUT2D eigenvalue weighted by Gasteiger charge is 2.57. The van der Waals surface area contributed by atoms with E-state index in [2.05, 4.69) is 0 Å². The van der Waals surface area contributed by atoms with E-state index in [0.717, 1.165) is 6.07 Å². The summed E-state index contributed by atoms with van der Waals surface area (Å²) in [5.74, 6) is -2.42. The maximum absolute atomic E-state index is 12.8. The molecule has 2 unspecified atom stereocenters. The third-order valence-corrected chi connectivity index (χ3v) is 6.06. The largest absolute Gasteiger partial charge is 0.508 e. The number of hydrogen-bond acceptors (Lipinski definition) is 7. The molecule has 0 saturated carbocycles. The Balaban J connectivity index is 1.83. The molecule has 2 fully saturated rings. The number of Topliss-reactive ketones (excluding diaryl/α,β-unsaturated/α-hetero) is 1. The van der Waals surface area contributed by atoms with Crippen LogP contribution in [0.5, 0.6) is 11.5 Å². The zero-order valence-corrected chi connectivity index (χ0v) is 16.8. The van der Waals surface area contributed by atoms with Crippen LogP contribution in [0.4, 0.5) is 0 Å². The van der Waals surface area contributed by atoms with Gasteiger partial charge in [-0.3, -0.25) is 4.79 Å². The van der Waals surface area contributed by atoms with E-state index in [-0.39, 0.29) is 29.6 Å². The van der Waals surface area contributed by atoms with E-state index in [9.17, 15) is 30.0 Å². The van der Waals surface area contributed by atoms with Crippen molar-refractivity contribution < 1.29 is 39.5 Å². The van der Waals surface area contributed by atoms with E-state index in [1.807, 2.05) is 0 Å². The van der Waals surface area contributed by atoms with Crippen LogP contribution in [0, 0.1) is 0 Å². The van der Waals surface area contributed by atoms with E-state index in [0.29, 0.717) is 19.3 Å². The van der Waals surface area contributed by atoms with Crippen molar-refractivity contribution in [2.75, 3.05) is 0 Å². The molecule has 0 spiro atoms. The minimum atomic E-state index is -1.76. The molecule has 0 radical (unpaired) electrons. The second kappa shape index (κ2) is 7.27. The maximum Gasteiger partial charge on any atom is 0.336 e. The molecule has 8 heteroatoms. The van der Waals surface area contributed by atoms with Gasteiger partial charge in [0.25, 0.3) is 0 Å². The number of carboxylic acids is 1. The molecule has 2 saturated heterocycles. The molecule has 1 aromatic carbocycles. The lowest BCUT2D eigenvalue weighted by Gasteiger charge is -2.53. The van der Waals surface area contributed by atoms with E-state index >= 15 is 0 Å². The average molecular weight is 408 g/mol. The summed E-state index contributed by atoms with van der Waals surface area (Å²) in [6, 6.07) is 3.53. The summed E-state index contributed by atoms with van der Waals surface area (Å²) in [7, 11) is 0. The van der Waals surface area contributed by atoms with Gasteiger partial charge < -0.3 is 29.9 Å². The number of rotatable bonds is 5. The average Bonchev–Trinajstić information content (AvgIpc) is 2.61. The van der Waals surface area contributed by atoms with Crippen LogP contribution in [-0.2, 0) is 14.3 Å². The Labute approximate surface area is 169 Å². The van der Waals surface area contributed by atoms with Gasteiger partial charge in [-0.15, -0.1) is 0 Å². The van der Waals surface area contributed by atoms with Crippen LogP contribution >= 0.6 is 0 Å². The topological polar surface area (TPSA) is 134 Å². The number of fused-ring (bicyclic) bond motifs is 1. The summed E-state index contributed by atoms with van der Waals surface area (Å²) in [5, 5.41) is 39.7. The number of aliphatic hydroxyl groups is 1. The summed E-state index contributed by atoms with van der Waals surface area (Å²) in [5.41, 5.74) is -3.85. The highest BCUT2D eigenvalue weighted by atomic mass is 16.6. The Morgan fingerprint density at radius 3 is 2.52 bits per heavy atom. The van der Waals surface area contributed by atoms with Crippen LogP contribution in [-0.4, -0.2) is 61.2 Å². The van der Waals surface area contributed by atoms with Gasteiger partial charge in [-0.05, 0) is 64.7 Å². The van der Waals surface area contributed by atoms with Crippen molar-refractivity contribution in [3.05, 3.63) is 23.8 Å². The fourth-order valence-electron chi connectivity index (χ4n) is 4.31. The number of carbonyl (C=O) groups is 2. The molecule has 29 heavy (non-hydrogen) atoms. The first kappa shape index (κ1) is 21.5. The highest BCUT2D eigenvalue weighted by Crippen LogP contribution is 2.46. The molecule has 0 aliphatic carbocycles. The minimum absolute atomic E-state index is 0.0481. The van der Waals surface area contributed by atoms with E-state index in [1.165, 1.54) is 12.1 Å². The smallest absolute Gasteiger partial charge is 0.336 e. The maximum atomic E-state index is 12.8. The third kappa shape index (κ3) is 4.10. The van der Waals surface area contributed by atoms with Crippen molar-refractivity contribution in [1.29, 1.82) is 0 Å². The highest BCUT2D eigenvalue weighted by molar-refractivity contribution is 6.02. The van der Waals surface area contributed by atoms with Gasteiger partial charge in [0.05, 0.1) is 35.4 Å². The zero-order valence-electron chi connectivity index (χ0n) is 16.8. The van der Waals surface area contributed by atoms with Gasteiger partial charge >= 0.3 is 5.97 Å². The number of phenols is 2. The molecule has 8 nitrogen and oxygen atoms in total. The number of hydrogen-bond donors (Lipinski definition) is 4. The van der Waals surface area contributed by atoms with Gasteiger partial charge in [-0.2, -0.15) is 0 Å². The summed E-state index contributed by atoms with van der Waals surface area (Å²) in [4.78, 5) is 24.9. The van der Waals surface area contributed by atoms with Crippen molar-refractivity contribution in [1.82, 2.24) is 0 Å². The van der Waals surface area contributed by atoms with Crippen molar-refractivity contribution in [3.63, 3.8) is 0 Å². The molecule has 2 aliphatic rings. The number of ether oxygens (including phenoxy) is 2. The standard InChI is InChI=1S/C21H28O8/c1-19(2,27)16-6-8-20(3)17(28-16)7-9-21(29-20,18(25)26)11-15(24)13-10-12(22)4-5-14(13)23/h4-5,10,16-17,22-23,27H,6-9,11H2,1-3H3,(H,25,26)/t16-,17-,20?,21?/m1/s1. The lowest BCUT2D eigenvalue weighted by molar-refractivity contribution is -0.284. The molecule has 0 bridgehead atoms. The van der Waals surface area contributed by atoms with Gasteiger partial charge in [0, 0.05) is 0 Å². The first-order chi connectivity index (χ1) is 13.4. The molecule has 2 aliphatic heterocycles. The summed E-state index contributed by atoms with van der Waals surface area (Å²) >= 11 is 0. The number of carboxylic acid groups (broad SMARTS) is 1. The number of benzene rings is 1. The predicted octanol–water partition coefficient (Wildman–Crippen LogP) is 2.38. The Morgan fingerprint density at radius 2 is 1.90 bits per heavy atom. The molecule has 4 N–H and O–H groups in total. The molecular weight excluding hydrogens is 380 g/mol. The molecule has 3 rings (SSSR count). The molecule has 4 atom stereocenters. The van der Waals surface area contributed by atoms with E-state index in [1.54, 1.807) is 20.8 Å². The molecule has 160 valence electrons. The summed E-state index contributed by atoms with van der Waals surface area (Å²) < 4.78 is 12.1. The van der Waals surface area contributed by atoms with Crippen LogP contribution < -0.4 is 0 Å². The Morgan fingerprint density at radius 1 is 1.21 bits per heavy atom. The van der Waals surface area contributed by atoms with E-state index in [4.69, 9.17) is 9.47 Å². The van der Waals surface area contributed by atoms with Gasteiger partial charge in [0.2, 0.25) is 0 Å². The van der Waals surface area contributed by atoms with Crippen LogP contribution in [0.1, 0.15) is 63.2 Å². The van der Waals surface area contributed by atoms with Gasteiger partial charge in [-0.1, -0.05) is 0 Å². The monoisotopic (exact) mass is 408 g/mol. The number of ketones is 1. The molecule has 0 amide bonds. The first-order valence-corrected chi connectivity index (χ1v) is 9.73. The van der Waals surface area contributed by atoms with Crippen LogP contribution in [0.25, 0.3) is 0 Å². The SMILES string of the molecule is CC(C)(O)[C@H]1CCC2(C)OC(CC(=O)c3cc(O)ccc3O)(C(=O)O)CC[C@H]2O1. The molecule has 0 aromatic heterocycles. The Kier molecular flexibility index (Phi) is 5.40. The van der Waals surface area contributed by atoms with Crippen molar-refractivity contribution in [3.8, 4) is 11.5 Å². The number of aromatic hydroxyl groups is 2. The quantitative estimate of drug-likeness (QED) is 0.431. The predicted molar refractivity (Wildman–Crippen MR) is 102 cm³/mol. The second-order valence-electron chi connectivity index (χ2n) is 8.86. The second-order valence-corrected chi connectivity index (χ2v) is 8.86. The van der Waals surface area contributed by atoms with Gasteiger partial charge in [-0.25, -0.2) is 4.79 Å². The fraction of sp³-hybridized carbons (Fsp3) is 0.619. The summed E-state index contributed by atoms with van der Waals surface area (Å²) in [6.07, 6.45) is 0.120. The first-order valence-electron chi connectivity index (χ1n) is 9.73. The Bertz CT molecular complexity index is 813. The van der Waals surface area contributed by atoms with E-state index < -0.39 is 41.1 Å². The number of phenolic OH excluding ortho intramolecular Hbond substituents is 2. The van der Waals surface area contributed by atoms with Gasteiger partial charge in [0.15, 0.2) is 11.4 Å². The van der Waals surface area contributed by atoms with Crippen molar-refractivity contribution in [2.24, 2.45) is 0 Å². The van der Waals surface area contributed by atoms with Crippen molar-refractivity contribution >= 4 is 11.8 Å². The minimum Gasteiger partial charge on any atom is -0.508 e. The normalized spacial score (nSPS) is 32.4. The lowest BCUT2D eigenvalue weighted by atomic mass is 9.76. The van der Waals surface area contributed by atoms with Gasteiger partial charge in [0.1, 0.15) is 11.5 Å². The molecule has 2 heterocycles. The van der Waals surface area contributed by atoms with Crippen LogP contribution in [0.3, 0.4) is 0 Å². The molecule has 1 aromatic rings. The fourth-order valence-corrected chi connectivity index (χ4v) is 4.31. The third-order valence-electron chi connectivity index (χ3n) is 6.06. The van der Waals surface area contributed by atoms with Crippen molar-refractivity contribution in [2.45, 2.75) is 81.9 Å². The number of carbonyl (C=O) groups excluding carboxylic acids is 1. The van der Waals surface area contributed by atoms with Crippen LogP contribution in [0.15, 0.2) is 18.2 Å². The zero-order chi connectivity index (χ0) is 21.6. The summed E-state index contributed by atoms with van der Waals surface area (Å²) in [6.45, 7) is 5.11. The Hall–Kier alpha value is -2.16. The van der Waals surface area contributed by atoms with Crippen LogP contribution in [0.2, 0.25) is 0 Å². The molecular formula is C21H28O8. The number of aliphatic carboxylic acids is 1.